The molecule has 6 heteroatoms. The van der Waals surface area contributed by atoms with E-state index < -0.39 is 23.5 Å². The lowest BCUT2D eigenvalue weighted by atomic mass is 9.76. The summed E-state index contributed by atoms with van der Waals surface area (Å²) in [7, 11) is 0. The number of ether oxygens (including phenoxy) is 1. The molecule has 0 bridgehead atoms. The lowest BCUT2D eigenvalue weighted by Gasteiger charge is -2.38. The number of hydrogen-bond acceptors (Lipinski definition) is 4. The number of rotatable bonds is 7. The van der Waals surface area contributed by atoms with Crippen molar-refractivity contribution in [1.29, 1.82) is 0 Å². The van der Waals surface area contributed by atoms with Gasteiger partial charge in [0.2, 0.25) is 5.91 Å². The number of fused-ring (bicyclic) bond motifs is 3. The second kappa shape index (κ2) is 11.6. The second-order valence-electron chi connectivity index (χ2n) is 12.3. The van der Waals surface area contributed by atoms with Gasteiger partial charge >= 0.3 is 5.97 Å². The van der Waals surface area contributed by atoms with Crippen LogP contribution >= 0.6 is 0 Å². The maximum Gasteiger partial charge on any atom is 0.303 e. The Kier molecular flexibility index (Phi) is 7.44. The fraction of sp³-hybridized carbons (Fsp3) is 0.225. The van der Waals surface area contributed by atoms with Crippen molar-refractivity contribution in [2.24, 2.45) is 5.92 Å². The van der Waals surface area contributed by atoms with Crippen molar-refractivity contribution in [2.45, 2.75) is 52.2 Å². The third-order valence-electron chi connectivity index (χ3n) is 9.64. The Morgan fingerprint density at radius 1 is 0.848 bits per heavy atom. The molecule has 1 aliphatic heterocycles. The molecule has 0 aliphatic carbocycles. The summed E-state index contributed by atoms with van der Waals surface area (Å²) in [5.74, 6) is -1.10. The van der Waals surface area contributed by atoms with Crippen LogP contribution in [0.25, 0.3) is 10.9 Å². The molecule has 3 heterocycles. The molecule has 0 N–H and O–H groups in total. The van der Waals surface area contributed by atoms with Gasteiger partial charge in [-0.1, -0.05) is 103 Å². The van der Waals surface area contributed by atoms with E-state index in [9.17, 15) is 9.59 Å². The van der Waals surface area contributed by atoms with Gasteiger partial charge in [0.1, 0.15) is 11.2 Å². The topological polar surface area (TPSA) is 66.1 Å². The Hall–Kier alpha value is -5.23. The molecule has 7 rings (SSSR count). The molecule has 4 aromatic carbocycles. The van der Waals surface area contributed by atoms with Crippen LogP contribution < -0.4 is 0 Å². The van der Waals surface area contributed by atoms with E-state index in [-0.39, 0.29) is 5.91 Å². The highest BCUT2D eigenvalue weighted by molar-refractivity contribution is 5.98. The Labute approximate surface area is 269 Å². The Balaban J connectivity index is 1.42. The van der Waals surface area contributed by atoms with Crippen molar-refractivity contribution in [1.82, 2.24) is 14.1 Å². The van der Waals surface area contributed by atoms with Crippen molar-refractivity contribution in [3.8, 4) is 0 Å². The van der Waals surface area contributed by atoms with E-state index in [4.69, 9.17) is 9.72 Å². The number of nitrogens with zero attached hydrogens (tertiary/aromatic N) is 3. The largest absolute Gasteiger partial charge is 0.455 e. The van der Waals surface area contributed by atoms with Gasteiger partial charge in [0.25, 0.3) is 0 Å². The summed E-state index contributed by atoms with van der Waals surface area (Å²) in [6.45, 7) is 7.57. The van der Waals surface area contributed by atoms with Crippen LogP contribution in [-0.2, 0) is 21.5 Å². The number of imidazole rings is 1. The highest BCUT2D eigenvalue weighted by Crippen LogP contribution is 2.44. The molecule has 2 unspecified atom stereocenters. The summed E-state index contributed by atoms with van der Waals surface area (Å²) in [4.78, 5) is 32.1. The Morgan fingerprint density at radius 3 is 1.96 bits per heavy atom. The van der Waals surface area contributed by atoms with Crippen LogP contribution in [-0.4, -0.2) is 26.0 Å². The van der Waals surface area contributed by atoms with Gasteiger partial charge in [-0.15, -0.1) is 0 Å². The number of esters is 1. The first kappa shape index (κ1) is 29.5. The van der Waals surface area contributed by atoms with E-state index in [2.05, 4.69) is 60.9 Å². The fourth-order valence-electron chi connectivity index (χ4n) is 7.53. The first-order chi connectivity index (χ1) is 22.3. The van der Waals surface area contributed by atoms with Crippen LogP contribution in [0.2, 0.25) is 0 Å². The minimum absolute atomic E-state index is 0.0659. The van der Waals surface area contributed by atoms with Crippen molar-refractivity contribution in [3.63, 3.8) is 0 Å². The number of carbonyl (C=O) groups excluding carboxylic acids is 2. The van der Waals surface area contributed by atoms with Gasteiger partial charge in [0, 0.05) is 23.7 Å². The summed E-state index contributed by atoms with van der Waals surface area (Å²) in [5.41, 5.74) is 8.03. The van der Waals surface area contributed by atoms with Gasteiger partial charge in [-0.25, -0.2) is 4.98 Å². The maximum absolute atomic E-state index is 14.4. The Morgan fingerprint density at radius 2 is 1.41 bits per heavy atom. The highest BCUT2D eigenvalue weighted by atomic mass is 16.5. The van der Waals surface area contributed by atoms with E-state index in [1.807, 2.05) is 84.5 Å². The van der Waals surface area contributed by atoms with Gasteiger partial charge in [0.15, 0.2) is 6.10 Å². The predicted molar refractivity (Wildman–Crippen MR) is 180 cm³/mol. The van der Waals surface area contributed by atoms with Gasteiger partial charge in [0.05, 0.1) is 17.8 Å². The van der Waals surface area contributed by atoms with E-state index in [1.165, 1.54) is 6.92 Å². The van der Waals surface area contributed by atoms with Crippen LogP contribution in [0.3, 0.4) is 0 Å². The first-order valence-corrected chi connectivity index (χ1v) is 15.8. The van der Waals surface area contributed by atoms with E-state index in [0.717, 1.165) is 50.1 Å². The molecule has 6 nitrogen and oxygen atoms in total. The van der Waals surface area contributed by atoms with E-state index in [0.29, 0.717) is 18.5 Å². The third-order valence-corrected chi connectivity index (χ3v) is 9.64. The molecule has 0 saturated carbocycles. The molecule has 0 spiro atoms. The summed E-state index contributed by atoms with van der Waals surface area (Å²) < 4.78 is 10.1. The molecular weight excluding hydrogens is 570 g/mol. The lowest BCUT2D eigenvalue weighted by Crippen LogP contribution is -2.38. The third kappa shape index (κ3) is 4.59. The van der Waals surface area contributed by atoms with Gasteiger partial charge < -0.3 is 9.30 Å². The molecule has 0 radical (unpaired) electrons. The summed E-state index contributed by atoms with van der Waals surface area (Å²) >= 11 is 0. The molecular formula is C40H37N3O3. The molecule has 6 aromatic rings. The molecule has 2 atom stereocenters. The quantitative estimate of drug-likeness (QED) is 0.136. The number of aromatic nitrogens is 3. The zero-order valence-electron chi connectivity index (χ0n) is 26.6. The molecule has 0 fully saturated rings. The minimum Gasteiger partial charge on any atom is -0.455 e. The van der Waals surface area contributed by atoms with Crippen LogP contribution in [0.1, 0.15) is 69.1 Å². The summed E-state index contributed by atoms with van der Waals surface area (Å²) in [5, 5.41) is 1.09. The average Bonchev–Trinajstić information content (AvgIpc) is 3.59. The fourth-order valence-corrected chi connectivity index (χ4v) is 7.53. The Bertz CT molecular complexity index is 1960. The molecule has 2 aromatic heterocycles. The van der Waals surface area contributed by atoms with Crippen LogP contribution in [0.15, 0.2) is 116 Å². The van der Waals surface area contributed by atoms with Crippen molar-refractivity contribution in [3.05, 3.63) is 160 Å². The van der Waals surface area contributed by atoms with Crippen LogP contribution in [0, 0.1) is 26.7 Å². The average molecular weight is 608 g/mol. The van der Waals surface area contributed by atoms with Crippen molar-refractivity contribution < 1.29 is 14.3 Å². The maximum atomic E-state index is 14.4. The molecule has 1 aliphatic rings. The number of aryl methyl sites for hydroxylation is 2. The first-order valence-electron chi connectivity index (χ1n) is 15.8. The van der Waals surface area contributed by atoms with Crippen LogP contribution in [0.4, 0.5) is 0 Å². The zero-order chi connectivity index (χ0) is 32.0. The van der Waals surface area contributed by atoms with Crippen LogP contribution in [0.5, 0.6) is 0 Å². The molecule has 46 heavy (non-hydrogen) atoms. The normalized spacial score (nSPS) is 15.5. The number of carbonyl (C=O) groups is 2. The number of hydrogen-bond donors (Lipinski definition) is 0. The van der Waals surface area contributed by atoms with Crippen molar-refractivity contribution >= 4 is 22.8 Å². The lowest BCUT2D eigenvalue weighted by molar-refractivity contribution is -0.149. The highest BCUT2D eigenvalue weighted by Gasteiger charge is 2.44. The molecule has 230 valence electrons. The summed E-state index contributed by atoms with van der Waals surface area (Å²) in [6, 6.07) is 37.4. The van der Waals surface area contributed by atoms with E-state index >= 15 is 0 Å². The molecule has 0 saturated heterocycles. The number of benzene rings is 4. The SMILES string of the molecule is CC(=O)OC(c1ncn(C(c2ccccc2)(c2ccccc2)c2ccccc2)c1C)C1CCc2c(C)c3cc(C)ccc3n2C1=O. The van der Waals surface area contributed by atoms with Gasteiger partial charge in [-0.3, -0.25) is 14.2 Å². The second-order valence-corrected chi connectivity index (χ2v) is 12.3. The monoisotopic (exact) mass is 607 g/mol. The zero-order valence-corrected chi connectivity index (χ0v) is 26.6. The van der Waals surface area contributed by atoms with E-state index in [1.54, 1.807) is 0 Å². The molecule has 0 amide bonds. The smallest absolute Gasteiger partial charge is 0.303 e. The standard InChI is InChI=1S/C40H37N3O3/c1-26-20-22-36-34(24-26)27(2)35-23-21-33(39(45)43(35)36)38(46-29(4)44)37-28(3)42(25-41-37)40(30-14-8-5-9-15-30,31-16-10-6-11-17-31)32-18-12-7-13-19-32/h5-20,22,24-25,33,38H,21,23H2,1-4H3. The predicted octanol–water partition coefficient (Wildman–Crippen LogP) is 8.11. The van der Waals surface area contributed by atoms with Crippen molar-refractivity contribution in [2.75, 3.05) is 0 Å². The summed E-state index contributed by atoms with van der Waals surface area (Å²) in [6.07, 6.45) is 2.25. The van der Waals surface area contributed by atoms with Gasteiger partial charge in [-0.2, -0.15) is 0 Å². The minimum atomic E-state index is -0.845. The van der Waals surface area contributed by atoms with Gasteiger partial charge in [-0.05, 0) is 68.0 Å².